The Hall–Kier alpha value is -1.31. The van der Waals surface area contributed by atoms with E-state index in [4.69, 9.17) is 0 Å². The predicted molar refractivity (Wildman–Crippen MR) is 77.1 cm³/mol. The fraction of sp³-hybridized carbons (Fsp3) is 0.588. The molecule has 1 saturated carbocycles. The van der Waals surface area contributed by atoms with Crippen LogP contribution in [0.2, 0.25) is 0 Å². The molecule has 0 amide bonds. The van der Waals surface area contributed by atoms with Gasteiger partial charge in [-0.25, -0.2) is 0 Å². The van der Waals surface area contributed by atoms with Gasteiger partial charge in [0.05, 0.1) is 5.92 Å². The van der Waals surface area contributed by atoms with Crippen LogP contribution in [0.5, 0.6) is 0 Å². The van der Waals surface area contributed by atoms with Gasteiger partial charge in [-0.3, -0.25) is 4.79 Å². The van der Waals surface area contributed by atoms with E-state index in [1.807, 2.05) is 0 Å². The molecule has 0 aromatic heterocycles. The first kappa shape index (κ1) is 14.1. The number of carboxylic acids is 1. The smallest absolute Gasteiger partial charge is 0.306 e. The summed E-state index contributed by atoms with van der Waals surface area (Å²) in [7, 11) is 0. The molecule has 1 aliphatic rings. The Bertz CT molecular complexity index is 421. The van der Waals surface area contributed by atoms with Gasteiger partial charge in [-0.2, -0.15) is 0 Å². The zero-order valence-corrected chi connectivity index (χ0v) is 11.9. The van der Waals surface area contributed by atoms with E-state index >= 15 is 0 Å². The molecule has 1 aromatic carbocycles. The Kier molecular flexibility index (Phi) is 4.62. The Morgan fingerprint density at radius 3 is 2.53 bits per heavy atom. The van der Waals surface area contributed by atoms with Gasteiger partial charge in [-0.15, -0.1) is 0 Å². The summed E-state index contributed by atoms with van der Waals surface area (Å²) >= 11 is 0. The molecule has 0 heterocycles. The fourth-order valence-electron chi connectivity index (χ4n) is 3.31. The maximum Gasteiger partial charge on any atom is 0.306 e. The van der Waals surface area contributed by atoms with Crippen LogP contribution in [0.1, 0.15) is 43.7 Å². The lowest BCUT2D eigenvalue weighted by Gasteiger charge is -2.33. The van der Waals surface area contributed by atoms with Crippen LogP contribution in [0.25, 0.3) is 0 Å². The van der Waals surface area contributed by atoms with Crippen molar-refractivity contribution in [2.75, 3.05) is 0 Å². The second kappa shape index (κ2) is 6.23. The number of carboxylic acid groups (broad SMARTS) is 1. The molecule has 2 rings (SSSR count). The minimum atomic E-state index is -0.605. The number of rotatable bonds is 4. The van der Waals surface area contributed by atoms with Gasteiger partial charge in [0.2, 0.25) is 0 Å². The Labute approximate surface area is 115 Å². The average Bonchev–Trinajstić information content (AvgIpc) is 2.41. The molecule has 0 aliphatic heterocycles. The molecule has 0 spiro atoms. The molecule has 19 heavy (non-hydrogen) atoms. The van der Waals surface area contributed by atoms with Gasteiger partial charge < -0.3 is 5.11 Å². The van der Waals surface area contributed by atoms with Crippen LogP contribution in [0.15, 0.2) is 24.3 Å². The Morgan fingerprint density at radius 1 is 1.26 bits per heavy atom. The molecule has 1 aliphatic carbocycles. The maximum atomic E-state index is 11.4. The molecule has 0 radical (unpaired) electrons. The number of carbonyl (C=O) groups is 1. The number of hydrogen-bond acceptors (Lipinski definition) is 1. The van der Waals surface area contributed by atoms with E-state index in [9.17, 15) is 9.90 Å². The zero-order valence-electron chi connectivity index (χ0n) is 11.9. The summed E-state index contributed by atoms with van der Waals surface area (Å²) in [6, 6.07) is 8.52. The number of hydrogen-bond donors (Lipinski definition) is 1. The molecule has 2 nitrogen and oxygen atoms in total. The van der Waals surface area contributed by atoms with Crippen molar-refractivity contribution in [3.63, 3.8) is 0 Å². The van der Waals surface area contributed by atoms with Crippen LogP contribution in [0, 0.1) is 24.7 Å². The third-order valence-corrected chi connectivity index (χ3v) is 4.60. The lowest BCUT2D eigenvalue weighted by atomic mass is 9.71. The standard InChI is InChI=1S/C17H24O2/c1-3-13-8-9-16(17(18)19)15(10-13)11-14-6-4-12(2)5-7-14/h4-7,13,15-16H,3,8-11H2,1-2H3,(H,18,19). The molecule has 1 aromatic rings. The van der Waals surface area contributed by atoms with E-state index in [1.165, 1.54) is 17.5 Å². The van der Waals surface area contributed by atoms with E-state index < -0.39 is 5.97 Å². The molecule has 0 saturated heterocycles. The molecule has 1 N–H and O–H groups in total. The largest absolute Gasteiger partial charge is 0.481 e. The maximum absolute atomic E-state index is 11.4. The van der Waals surface area contributed by atoms with Crippen molar-refractivity contribution in [1.29, 1.82) is 0 Å². The van der Waals surface area contributed by atoms with E-state index in [0.717, 1.165) is 25.7 Å². The van der Waals surface area contributed by atoms with Crippen LogP contribution >= 0.6 is 0 Å². The number of aliphatic carboxylic acids is 1. The molecule has 104 valence electrons. The van der Waals surface area contributed by atoms with Gasteiger partial charge in [-0.1, -0.05) is 43.2 Å². The van der Waals surface area contributed by atoms with Crippen LogP contribution < -0.4 is 0 Å². The zero-order chi connectivity index (χ0) is 13.8. The molecule has 3 unspecified atom stereocenters. The highest BCUT2D eigenvalue weighted by Crippen LogP contribution is 2.37. The second-order valence-corrected chi connectivity index (χ2v) is 5.98. The third kappa shape index (κ3) is 3.59. The molecular formula is C17H24O2. The first-order valence-electron chi connectivity index (χ1n) is 7.38. The van der Waals surface area contributed by atoms with Crippen molar-refractivity contribution in [3.05, 3.63) is 35.4 Å². The van der Waals surface area contributed by atoms with Crippen molar-refractivity contribution in [2.45, 2.75) is 46.0 Å². The lowest BCUT2D eigenvalue weighted by Crippen LogP contribution is -2.31. The monoisotopic (exact) mass is 260 g/mol. The summed E-state index contributed by atoms with van der Waals surface area (Å²) in [4.78, 5) is 11.4. The van der Waals surface area contributed by atoms with Crippen LogP contribution in [-0.4, -0.2) is 11.1 Å². The average molecular weight is 260 g/mol. The van der Waals surface area contributed by atoms with E-state index in [0.29, 0.717) is 11.8 Å². The minimum Gasteiger partial charge on any atom is -0.481 e. The first-order valence-corrected chi connectivity index (χ1v) is 7.38. The molecule has 0 bridgehead atoms. The third-order valence-electron chi connectivity index (χ3n) is 4.60. The summed E-state index contributed by atoms with van der Waals surface area (Å²) in [5.74, 6) is 0.265. The highest BCUT2D eigenvalue weighted by Gasteiger charge is 2.34. The highest BCUT2D eigenvalue weighted by atomic mass is 16.4. The second-order valence-electron chi connectivity index (χ2n) is 5.98. The van der Waals surface area contributed by atoms with Crippen LogP contribution in [0.3, 0.4) is 0 Å². The van der Waals surface area contributed by atoms with Crippen molar-refractivity contribution >= 4 is 5.97 Å². The predicted octanol–water partition coefficient (Wildman–Crippen LogP) is 4.06. The van der Waals surface area contributed by atoms with Gasteiger partial charge >= 0.3 is 5.97 Å². The summed E-state index contributed by atoms with van der Waals surface area (Å²) in [5.41, 5.74) is 2.53. The summed E-state index contributed by atoms with van der Waals surface area (Å²) in [6.45, 7) is 4.30. The molecule has 2 heteroatoms. The fourth-order valence-corrected chi connectivity index (χ4v) is 3.31. The minimum absolute atomic E-state index is 0.149. The normalized spacial score (nSPS) is 27.2. The van der Waals surface area contributed by atoms with E-state index in [1.54, 1.807) is 0 Å². The summed E-state index contributed by atoms with van der Waals surface area (Å²) in [5, 5.41) is 9.39. The highest BCUT2D eigenvalue weighted by molar-refractivity contribution is 5.70. The lowest BCUT2D eigenvalue weighted by molar-refractivity contribution is -0.145. The van der Waals surface area contributed by atoms with Crippen molar-refractivity contribution in [2.24, 2.45) is 17.8 Å². The van der Waals surface area contributed by atoms with Gasteiger partial charge in [0.25, 0.3) is 0 Å². The van der Waals surface area contributed by atoms with Crippen LogP contribution in [-0.2, 0) is 11.2 Å². The SMILES string of the molecule is CCC1CCC(C(=O)O)C(Cc2ccc(C)cc2)C1. The van der Waals surface area contributed by atoms with Gasteiger partial charge in [0.15, 0.2) is 0 Å². The van der Waals surface area contributed by atoms with Crippen molar-refractivity contribution in [1.82, 2.24) is 0 Å². The summed E-state index contributed by atoms with van der Waals surface area (Å²) < 4.78 is 0. The Balaban J connectivity index is 2.08. The van der Waals surface area contributed by atoms with E-state index in [2.05, 4.69) is 38.1 Å². The quantitative estimate of drug-likeness (QED) is 0.886. The van der Waals surface area contributed by atoms with Gasteiger partial charge in [0, 0.05) is 0 Å². The van der Waals surface area contributed by atoms with Gasteiger partial charge in [-0.05, 0) is 50.0 Å². The number of aryl methyl sites for hydroxylation is 1. The topological polar surface area (TPSA) is 37.3 Å². The van der Waals surface area contributed by atoms with E-state index in [-0.39, 0.29) is 5.92 Å². The van der Waals surface area contributed by atoms with Crippen molar-refractivity contribution < 1.29 is 9.90 Å². The molecular weight excluding hydrogens is 236 g/mol. The van der Waals surface area contributed by atoms with Crippen LogP contribution in [0.4, 0.5) is 0 Å². The van der Waals surface area contributed by atoms with Gasteiger partial charge in [0.1, 0.15) is 0 Å². The number of benzene rings is 1. The Morgan fingerprint density at radius 2 is 1.95 bits per heavy atom. The van der Waals surface area contributed by atoms with Crippen molar-refractivity contribution in [3.8, 4) is 0 Å². The molecule has 1 fully saturated rings. The molecule has 3 atom stereocenters. The summed E-state index contributed by atoms with van der Waals surface area (Å²) in [6.07, 6.45) is 5.09. The first-order chi connectivity index (χ1) is 9.10.